The van der Waals surface area contributed by atoms with Gasteiger partial charge in [-0.25, -0.2) is 0 Å². The molecule has 19 heavy (non-hydrogen) atoms. The van der Waals surface area contributed by atoms with Crippen molar-refractivity contribution < 1.29 is 4.74 Å². The molecule has 1 aromatic rings. The molecule has 1 heterocycles. The number of anilines is 1. The minimum absolute atomic E-state index is 0.00611. The summed E-state index contributed by atoms with van der Waals surface area (Å²) in [6.07, 6.45) is 2.47. The molecule has 0 amide bonds. The fourth-order valence-electron chi connectivity index (χ4n) is 2.44. The first-order valence-corrected chi connectivity index (χ1v) is 7.00. The van der Waals surface area contributed by atoms with Gasteiger partial charge in [0.15, 0.2) is 0 Å². The highest BCUT2D eigenvalue weighted by Crippen LogP contribution is 2.26. The third-order valence-corrected chi connectivity index (χ3v) is 3.77. The van der Waals surface area contributed by atoms with Crippen LogP contribution in [0.2, 0.25) is 5.02 Å². The number of amidine groups is 1. The van der Waals surface area contributed by atoms with Gasteiger partial charge in [-0.15, -0.1) is 0 Å². The first kappa shape index (κ1) is 14.2. The van der Waals surface area contributed by atoms with Crippen LogP contribution in [0.15, 0.2) is 18.2 Å². The number of nitrogens with zero attached hydrogens (tertiary/aromatic N) is 1. The number of nitrogen functional groups attached to an aromatic ring is 1. The number of halogens is 1. The molecule has 1 aliphatic rings. The molecule has 0 radical (unpaired) electrons. The van der Waals surface area contributed by atoms with Crippen LogP contribution in [0, 0.1) is 5.41 Å². The van der Waals surface area contributed by atoms with Gasteiger partial charge in [0.05, 0.1) is 11.1 Å². The van der Waals surface area contributed by atoms with Gasteiger partial charge in [0.25, 0.3) is 0 Å². The molecule has 1 fully saturated rings. The van der Waals surface area contributed by atoms with E-state index >= 15 is 0 Å². The number of piperidine rings is 1. The number of ether oxygens (including phenoxy) is 1. The third-order valence-electron chi connectivity index (χ3n) is 3.45. The van der Waals surface area contributed by atoms with Crippen molar-refractivity contribution in [3.05, 3.63) is 28.8 Å². The highest BCUT2D eigenvalue weighted by molar-refractivity contribution is 6.34. The molecule has 3 N–H and O–H groups in total. The number of nitrogens with one attached hydrogen (secondary N) is 1. The Kier molecular flexibility index (Phi) is 4.66. The van der Waals surface area contributed by atoms with Crippen molar-refractivity contribution >= 4 is 23.1 Å². The second-order valence-electron chi connectivity index (χ2n) is 4.72. The van der Waals surface area contributed by atoms with Crippen molar-refractivity contribution in [2.24, 2.45) is 5.73 Å². The van der Waals surface area contributed by atoms with Crippen LogP contribution < -0.4 is 10.6 Å². The van der Waals surface area contributed by atoms with E-state index in [1.165, 1.54) is 0 Å². The van der Waals surface area contributed by atoms with Gasteiger partial charge in [-0.05, 0) is 38.0 Å². The predicted octanol–water partition coefficient (Wildman–Crippen LogP) is 2.63. The summed E-state index contributed by atoms with van der Waals surface area (Å²) in [5.74, 6) is 0.00611. The molecular weight excluding hydrogens is 262 g/mol. The largest absolute Gasteiger partial charge is 0.384 e. The van der Waals surface area contributed by atoms with Crippen LogP contribution in [-0.4, -0.2) is 31.6 Å². The van der Waals surface area contributed by atoms with E-state index in [0.717, 1.165) is 38.2 Å². The zero-order valence-electron chi connectivity index (χ0n) is 11.2. The minimum atomic E-state index is 0.00611. The molecule has 1 aromatic carbocycles. The van der Waals surface area contributed by atoms with Gasteiger partial charge < -0.3 is 15.4 Å². The summed E-state index contributed by atoms with van der Waals surface area (Å²) in [5, 5.41) is 7.97. The van der Waals surface area contributed by atoms with E-state index in [0.29, 0.717) is 16.7 Å². The summed E-state index contributed by atoms with van der Waals surface area (Å²) in [6, 6.07) is 5.68. The molecular formula is C14H20ClN3O. The Hall–Kier alpha value is -1.26. The van der Waals surface area contributed by atoms with Crippen molar-refractivity contribution in [3.8, 4) is 0 Å². The van der Waals surface area contributed by atoms with Crippen molar-refractivity contribution in [3.63, 3.8) is 0 Å². The number of nitrogens with two attached hydrogens (primary N) is 1. The molecule has 0 aliphatic carbocycles. The molecule has 104 valence electrons. The number of rotatable bonds is 4. The molecule has 5 heteroatoms. The lowest BCUT2D eigenvalue weighted by molar-refractivity contribution is 0.0459. The van der Waals surface area contributed by atoms with Gasteiger partial charge in [0.2, 0.25) is 0 Å². The third kappa shape index (κ3) is 3.39. The summed E-state index contributed by atoms with van der Waals surface area (Å²) >= 11 is 6.15. The number of hydrogen-bond donors (Lipinski definition) is 2. The number of benzene rings is 1. The van der Waals surface area contributed by atoms with Crippen molar-refractivity contribution in [1.82, 2.24) is 0 Å². The monoisotopic (exact) mass is 281 g/mol. The van der Waals surface area contributed by atoms with Gasteiger partial charge >= 0.3 is 0 Å². The summed E-state index contributed by atoms with van der Waals surface area (Å²) in [5.41, 5.74) is 7.14. The Morgan fingerprint density at radius 2 is 2.16 bits per heavy atom. The molecule has 4 nitrogen and oxygen atoms in total. The van der Waals surface area contributed by atoms with E-state index in [1.54, 1.807) is 0 Å². The lowest BCUT2D eigenvalue weighted by Crippen LogP contribution is -2.37. The molecule has 0 unspecified atom stereocenters. The lowest BCUT2D eigenvalue weighted by Gasteiger charge is -2.33. The molecule has 0 atom stereocenters. The maximum Gasteiger partial charge on any atom is 0.124 e. The predicted molar refractivity (Wildman–Crippen MR) is 79.3 cm³/mol. The SMILES string of the molecule is CCOC1CCN(c2ccc(C(=N)N)c(Cl)c2)CC1. The smallest absolute Gasteiger partial charge is 0.124 e. The Morgan fingerprint density at radius 1 is 1.47 bits per heavy atom. The summed E-state index contributed by atoms with van der Waals surface area (Å²) in [6.45, 7) is 4.76. The van der Waals surface area contributed by atoms with Crippen LogP contribution in [0.5, 0.6) is 0 Å². The molecule has 0 spiro atoms. The maximum absolute atomic E-state index is 7.43. The van der Waals surface area contributed by atoms with E-state index in [9.17, 15) is 0 Å². The second kappa shape index (κ2) is 6.26. The Morgan fingerprint density at radius 3 is 2.68 bits per heavy atom. The van der Waals surface area contributed by atoms with Crippen LogP contribution >= 0.6 is 11.6 Å². The molecule has 2 rings (SSSR count). The first-order chi connectivity index (χ1) is 9.11. The Balaban J connectivity index is 2.04. The normalized spacial score (nSPS) is 16.6. The first-order valence-electron chi connectivity index (χ1n) is 6.62. The zero-order valence-corrected chi connectivity index (χ0v) is 11.9. The van der Waals surface area contributed by atoms with E-state index in [1.807, 2.05) is 25.1 Å². The fourth-order valence-corrected chi connectivity index (χ4v) is 2.71. The number of hydrogen-bond acceptors (Lipinski definition) is 3. The maximum atomic E-state index is 7.43. The van der Waals surface area contributed by atoms with Gasteiger partial charge in [-0.1, -0.05) is 11.6 Å². The molecule has 1 aliphatic heterocycles. The topological polar surface area (TPSA) is 62.3 Å². The van der Waals surface area contributed by atoms with Crippen molar-refractivity contribution in [2.75, 3.05) is 24.6 Å². The zero-order chi connectivity index (χ0) is 13.8. The Labute approximate surface area is 119 Å². The molecule has 1 saturated heterocycles. The van der Waals surface area contributed by atoms with Crippen LogP contribution in [0.4, 0.5) is 5.69 Å². The van der Waals surface area contributed by atoms with Crippen molar-refractivity contribution in [1.29, 1.82) is 5.41 Å². The lowest BCUT2D eigenvalue weighted by atomic mass is 10.1. The highest BCUT2D eigenvalue weighted by atomic mass is 35.5. The summed E-state index contributed by atoms with van der Waals surface area (Å²) in [7, 11) is 0. The van der Waals surface area contributed by atoms with Gasteiger partial charge in [-0.2, -0.15) is 0 Å². The van der Waals surface area contributed by atoms with Gasteiger partial charge in [-0.3, -0.25) is 5.41 Å². The fraction of sp³-hybridized carbons (Fsp3) is 0.500. The van der Waals surface area contributed by atoms with Crippen LogP contribution in [0.1, 0.15) is 25.3 Å². The second-order valence-corrected chi connectivity index (χ2v) is 5.13. The average molecular weight is 282 g/mol. The van der Waals surface area contributed by atoms with Crippen LogP contribution in [0.25, 0.3) is 0 Å². The Bertz CT molecular complexity index is 456. The van der Waals surface area contributed by atoms with E-state index in [-0.39, 0.29) is 5.84 Å². The molecule has 0 aromatic heterocycles. The molecule has 0 bridgehead atoms. The average Bonchev–Trinajstić information content (AvgIpc) is 2.39. The minimum Gasteiger partial charge on any atom is -0.384 e. The van der Waals surface area contributed by atoms with Crippen molar-refractivity contribution in [2.45, 2.75) is 25.9 Å². The van der Waals surface area contributed by atoms with Gasteiger partial charge in [0.1, 0.15) is 5.84 Å². The summed E-state index contributed by atoms with van der Waals surface area (Å²) < 4.78 is 5.64. The quantitative estimate of drug-likeness (QED) is 0.659. The molecule has 0 saturated carbocycles. The van der Waals surface area contributed by atoms with Gasteiger partial charge in [0, 0.05) is 30.9 Å². The van der Waals surface area contributed by atoms with Crippen LogP contribution in [0.3, 0.4) is 0 Å². The van der Waals surface area contributed by atoms with E-state index in [4.69, 9.17) is 27.5 Å². The van der Waals surface area contributed by atoms with E-state index < -0.39 is 0 Å². The standard InChI is InChI=1S/C14H20ClN3O/c1-2-19-11-5-7-18(8-6-11)10-3-4-12(14(16)17)13(15)9-10/h3-4,9,11H,2,5-8H2,1H3,(H3,16,17). The highest BCUT2D eigenvalue weighted by Gasteiger charge is 2.20. The summed E-state index contributed by atoms with van der Waals surface area (Å²) in [4.78, 5) is 2.30. The van der Waals surface area contributed by atoms with E-state index in [2.05, 4.69) is 4.90 Å². The van der Waals surface area contributed by atoms with Crippen LogP contribution in [-0.2, 0) is 4.74 Å².